The Morgan fingerprint density at radius 2 is 1.87 bits per heavy atom. The molecule has 1 unspecified atom stereocenters. The predicted octanol–water partition coefficient (Wildman–Crippen LogP) is 1.39. The molecule has 1 aromatic carbocycles. The van der Waals surface area contributed by atoms with Crippen molar-refractivity contribution in [2.75, 3.05) is 19.8 Å². The smallest absolute Gasteiger partial charge is 0.0623 e. The number of hydrogen-bond donors (Lipinski definition) is 1. The average molecular weight is 203 g/mol. The van der Waals surface area contributed by atoms with Crippen molar-refractivity contribution in [3.63, 3.8) is 0 Å². The zero-order valence-electron chi connectivity index (χ0n) is 8.91. The normalized spacial score (nSPS) is 26.5. The van der Waals surface area contributed by atoms with E-state index in [1.807, 2.05) is 0 Å². The number of fused-ring (bicyclic) bond motifs is 1. The van der Waals surface area contributed by atoms with Crippen LogP contribution in [0.1, 0.15) is 11.1 Å². The first-order chi connectivity index (χ1) is 7.43. The lowest BCUT2D eigenvalue weighted by Gasteiger charge is -2.28. The molecule has 2 nitrogen and oxygen atoms in total. The van der Waals surface area contributed by atoms with Crippen LogP contribution in [0.3, 0.4) is 0 Å². The van der Waals surface area contributed by atoms with E-state index in [-0.39, 0.29) is 0 Å². The van der Waals surface area contributed by atoms with Crippen molar-refractivity contribution >= 4 is 0 Å². The Morgan fingerprint density at radius 1 is 1.13 bits per heavy atom. The van der Waals surface area contributed by atoms with E-state index in [0.29, 0.717) is 6.04 Å². The molecule has 3 rings (SSSR count). The Kier molecular flexibility index (Phi) is 2.47. The maximum absolute atomic E-state index is 5.53. The van der Waals surface area contributed by atoms with Crippen LogP contribution in [-0.4, -0.2) is 25.8 Å². The molecule has 1 aliphatic heterocycles. The first-order valence-electron chi connectivity index (χ1n) is 5.81. The molecule has 0 bridgehead atoms. The highest BCUT2D eigenvalue weighted by atomic mass is 16.5. The van der Waals surface area contributed by atoms with E-state index >= 15 is 0 Å². The van der Waals surface area contributed by atoms with Gasteiger partial charge in [-0.25, -0.2) is 0 Å². The second kappa shape index (κ2) is 3.95. The maximum atomic E-state index is 5.53. The van der Waals surface area contributed by atoms with Gasteiger partial charge in [-0.05, 0) is 29.9 Å². The van der Waals surface area contributed by atoms with Crippen LogP contribution in [0.4, 0.5) is 0 Å². The minimum Gasteiger partial charge on any atom is -0.379 e. The minimum absolute atomic E-state index is 0.561. The maximum Gasteiger partial charge on any atom is 0.0623 e. The van der Waals surface area contributed by atoms with Crippen molar-refractivity contribution in [2.24, 2.45) is 5.92 Å². The second-order valence-corrected chi connectivity index (χ2v) is 4.57. The molecule has 1 atom stereocenters. The summed E-state index contributed by atoms with van der Waals surface area (Å²) in [4.78, 5) is 0. The molecule has 2 aliphatic rings. The molecule has 0 amide bonds. The van der Waals surface area contributed by atoms with Gasteiger partial charge in [-0.1, -0.05) is 24.3 Å². The Bertz CT molecular complexity index is 319. The van der Waals surface area contributed by atoms with Crippen LogP contribution in [0.15, 0.2) is 24.3 Å². The summed E-state index contributed by atoms with van der Waals surface area (Å²) < 4.78 is 5.53. The summed E-state index contributed by atoms with van der Waals surface area (Å²) in [6.07, 6.45) is 2.44. The second-order valence-electron chi connectivity index (χ2n) is 4.57. The molecule has 1 heterocycles. The lowest BCUT2D eigenvalue weighted by Crippen LogP contribution is -2.46. The third kappa shape index (κ3) is 1.80. The van der Waals surface area contributed by atoms with Crippen LogP contribution in [0.25, 0.3) is 0 Å². The molecule has 2 heteroatoms. The van der Waals surface area contributed by atoms with E-state index in [1.165, 1.54) is 24.0 Å². The monoisotopic (exact) mass is 203 g/mol. The molecule has 1 aromatic rings. The summed E-state index contributed by atoms with van der Waals surface area (Å²) in [7, 11) is 0. The average Bonchev–Trinajstić information content (AvgIpc) is 2.74. The molecule has 80 valence electrons. The highest BCUT2D eigenvalue weighted by Crippen LogP contribution is 2.29. The van der Waals surface area contributed by atoms with Gasteiger partial charge in [-0.15, -0.1) is 0 Å². The van der Waals surface area contributed by atoms with Crippen molar-refractivity contribution in [3.05, 3.63) is 35.4 Å². The van der Waals surface area contributed by atoms with Crippen LogP contribution in [-0.2, 0) is 17.6 Å². The van der Waals surface area contributed by atoms with Gasteiger partial charge >= 0.3 is 0 Å². The van der Waals surface area contributed by atoms with Crippen LogP contribution in [0.5, 0.6) is 0 Å². The number of rotatable bonds is 1. The van der Waals surface area contributed by atoms with Gasteiger partial charge in [0.05, 0.1) is 13.2 Å². The minimum atomic E-state index is 0.561. The summed E-state index contributed by atoms with van der Waals surface area (Å²) in [5, 5.41) is 3.57. The molecule has 1 fully saturated rings. The topological polar surface area (TPSA) is 21.3 Å². The van der Waals surface area contributed by atoms with Crippen molar-refractivity contribution < 1.29 is 4.74 Å². The Hall–Kier alpha value is -0.860. The quantitative estimate of drug-likeness (QED) is 0.744. The first kappa shape index (κ1) is 9.37. The first-order valence-corrected chi connectivity index (χ1v) is 5.81. The Balaban J connectivity index is 1.72. The van der Waals surface area contributed by atoms with E-state index in [9.17, 15) is 0 Å². The third-order valence-electron chi connectivity index (χ3n) is 3.60. The number of nitrogens with one attached hydrogen (secondary N) is 1. The van der Waals surface area contributed by atoms with Crippen LogP contribution >= 0.6 is 0 Å². The van der Waals surface area contributed by atoms with Gasteiger partial charge in [0.2, 0.25) is 0 Å². The molecule has 0 spiro atoms. The molecule has 1 saturated heterocycles. The SMILES string of the molecule is c1ccc2c(c1)CC(C1COCCN1)C2. The van der Waals surface area contributed by atoms with Crippen LogP contribution in [0.2, 0.25) is 0 Å². The molecule has 1 aliphatic carbocycles. The Labute approximate surface area is 90.6 Å². The van der Waals surface area contributed by atoms with Gasteiger partial charge in [0.25, 0.3) is 0 Å². The van der Waals surface area contributed by atoms with Gasteiger partial charge in [-0.3, -0.25) is 0 Å². The fourth-order valence-electron chi connectivity index (χ4n) is 2.77. The van der Waals surface area contributed by atoms with Gasteiger partial charge in [-0.2, -0.15) is 0 Å². The van der Waals surface area contributed by atoms with Crippen LogP contribution < -0.4 is 5.32 Å². The van der Waals surface area contributed by atoms with Gasteiger partial charge in [0.15, 0.2) is 0 Å². The number of benzene rings is 1. The molecular weight excluding hydrogens is 186 g/mol. The molecular formula is C13H17NO. The number of hydrogen-bond acceptors (Lipinski definition) is 2. The van der Waals surface area contributed by atoms with Crippen LogP contribution in [0, 0.1) is 5.92 Å². The lowest BCUT2D eigenvalue weighted by molar-refractivity contribution is 0.0581. The largest absolute Gasteiger partial charge is 0.379 e. The summed E-state index contributed by atoms with van der Waals surface area (Å²) in [6, 6.07) is 9.38. The summed E-state index contributed by atoms with van der Waals surface area (Å²) >= 11 is 0. The van der Waals surface area contributed by atoms with Gasteiger partial charge < -0.3 is 10.1 Å². The zero-order valence-corrected chi connectivity index (χ0v) is 8.91. The molecule has 0 saturated carbocycles. The van der Waals surface area contributed by atoms with E-state index in [1.54, 1.807) is 0 Å². The number of ether oxygens (including phenoxy) is 1. The molecule has 15 heavy (non-hydrogen) atoms. The predicted molar refractivity (Wildman–Crippen MR) is 59.9 cm³/mol. The van der Waals surface area contributed by atoms with Gasteiger partial charge in [0, 0.05) is 12.6 Å². The third-order valence-corrected chi connectivity index (χ3v) is 3.60. The zero-order chi connectivity index (χ0) is 10.1. The van der Waals surface area contributed by atoms with E-state index in [0.717, 1.165) is 25.7 Å². The fourth-order valence-corrected chi connectivity index (χ4v) is 2.77. The van der Waals surface area contributed by atoms with Gasteiger partial charge in [0.1, 0.15) is 0 Å². The fraction of sp³-hybridized carbons (Fsp3) is 0.538. The van der Waals surface area contributed by atoms with Crippen molar-refractivity contribution in [1.29, 1.82) is 0 Å². The van der Waals surface area contributed by atoms with Crippen molar-refractivity contribution in [1.82, 2.24) is 5.32 Å². The molecule has 0 radical (unpaired) electrons. The highest BCUT2D eigenvalue weighted by molar-refractivity contribution is 5.32. The summed E-state index contributed by atoms with van der Waals surface area (Å²) in [5.41, 5.74) is 3.07. The highest BCUT2D eigenvalue weighted by Gasteiger charge is 2.29. The molecule has 0 aromatic heterocycles. The van der Waals surface area contributed by atoms with E-state index < -0.39 is 0 Å². The lowest BCUT2D eigenvalue weighted by atomic mass is 9.96. The number of morpholine rings is 1. The van der Waals surface area contributed by atoms with E-state index in [4.69, 9.17) is 4.74 Å². The molecule has 1 N–H and O–H groups in total. The summed E-state index contributed by atoms with van der Waals surface area (Å²) in [5.74, 6) is 0.739. The van der Waals surface area contributed by atoms with E-state index in [2.05, 4.69) is 29.6 Å². The standard InChI is InChI=1S/C13H17NO/c1-2-4-11-8-12(7-10(11)3-1)13-9-15-6-5-14-13/h1-4,12-14H,5-9H2. The van der Waals surface area contributed by atoms with Crippen molar-refractivity contribution in [2.45, 2.75) is 18.9 Å². The summed E-state index contributed by atoms with van der Waals surface area (Å²) in [6.45, 7) is 2.77. The Morgan fingerprint density at radius 3 is 2.47 bits per heavy atom. The van der Waals surface area contributed by atoms with Crippen molar-refractivity contribution in [3.8, 4) is 0 Å².